The fourth-order valence-corrected chi connectivity index (χ4v) is 4.66. The third kappa shape index (κ3) is 6.05. The molecule has 0 radical (unpaired) electrons. The first-order chi connectivity index (χ1) is 13.7. The fourth-order valence-electron chi connectivity index (χ4n) is 2.79. The Hall–Kier alpha value is -1.87. The molecule has 29 heavy (non-hydrogen) atoms. The maximum Gasteiger partial charge on any atom is 0.209 e. The van der Waals surface area contributed by atoms with Crippen LogP contribution in [-0.4, -0.2) is 29.2 Å². The van der Waals surface area contributed by atoms with E-state index < -0.39 is 10.0 Å². The molecule has 0 unspecified atom stereocenters. The van der Waals surface area contributed by atoms with E-state index in [1.165, 1.54) is 0 Å². The van der Waals surface area contributed by atoms with E-state index >= 15 is 0 Å². The Balaban J connectivity index is 2.07. The van der Waals surface area contributed by atoms with Crippen LogP contribution in [0, 0.1) is 0 Å². The van der Waals surface area contributed by atoms with Crippen LogP contribution in [0.2, 0.25) is 5.02 Å². The predicted molar refractivity (Wildman–Crippen MR) is 117 cm³/mol. The Morgan fingerprint density at radius 1 is 1.21 bits per heavy atom. The largest absolute Gasteiger partial charge is 0.317 e. The third-order valence-corrected chi connectivity index (χ3v) is 6.18. The number of hydrogen-bond donors (Lipinski definition) is 1. The minimum Gasteiger partial charge on any atom is -0.317 e. The molecule has 0 aliphatic carbocycles. The number of nitrogens with one attached hydrogen (secondary N) is 1. The highest BCUT2D eigenvalue weighted by molar-refractivity contribution is 7.99. The summed E-state index contributed by atoms with van der Waals surface area (Å²) in [7, 11) is -3.34. The second-order valence-corrected chi connectivity index (χ2v) is 10.3. The van der Waals surface area contributed by atoms with Crippen LogP contribution < -0.4 is 4.72 Å². The number of pyridine rings is 1. The molecular formula is C20H23ClN4O2S2. The van der Waals surface area contributed by atoms with Gasteiger partial charge in [0.2, 0.25) is 10.0 Å². The summed E-state index contributed by atoms with van der Waals surface area (Å²) in [5.74, 6) is 0.841. The van der Waals surface area contributed by atoms with Crippen LogP contribution in [0.5, 0.6) is 0 Å². The van der Waals surface area contributed by atoms with Crippen molar-refractivity contribution in [1.29, 1.82) is 0 Å². The second kappa shape index (κ2) is 9.30. The molecule has 1 aromatic carbocycles. The van der Waals surface area contributed by atoms with Crippen molar-refractivity contribution in [2.45, 2.75) is 42.8 Å². The summed E-state index contributed by atoms with van der Waals surface area (Å²) in [6, 6.07) is 11.5. The van der Waals surface area contributed by atoms with Crippen molar-refractivity contribution >= 4 is 33.4 Å². The molecule has 2 heterocycles. The smallest absolute Gasteiger partial charge is 0.209 e. The number of benzene rings is 1. The van der Waals surface area contributed by atoms with E-state index in [0.29, 0.717) is 17.4 Å². The lowest BCUT2D eigenvalue weighted by atomic mass is 10.1. The van der Waals surface area contributed by atoms with Crippen LogP contribution >= 0.6 is 23.4 Å². The summed E-state index contributed by atoms with van der Waals surface area (Å²) in [4.78, 5) is 9.87. The predicted octanol–water partition coefficient (Wildman–Crippen LogP) is 4.30. The van der Waals surface area contributed by atoms with Gasteiger partial charge in [0.25, 0.3) is 0 Å². The molecule has 154 valence electrons. The van der Waals surface area contributed by atoms with E-state index in [9.17, 15) is 8.42 Å². The van der Waals surface area contributed by atoms with E-state index in [2.05, 4.69) is 28.1 Å². The number of nitrogens with zero attached hydrogens (tertiary/aromatic N) is 3. The van der Waals surface area contributed by atoms with Gasteiger partial charge >= 0.3 is 0 Å². The number of rotatable bonds is 8. The minimum absolute atomic E-state index is 0.125. The molecule has 0 aliphatic heterocycles. The van der Waals surface area contributed by atoms with Crippen LogP contribution in [0.15, 0.2) is 58.7 Å². The molecule has 0 amide bonds. The molecule has 6 nitrogen and oxygen atoms in total. The zero-order valence-electron chi connectivity index (χ0n) is 16.5. The molecule has 0 saturated carbocycles. The molecule has 0 saturated heterocycles. The van der Waals surface area contributed by atoms with Gasteiger partial charge in [-0.2, -0.15) is 0 Å². The average Bonchev–Trinajstić information content (AvgIpc) is 2.98. The van der Waals surface area contributed by atoms with Gasteiger partial charge in [-0.1, -0.05) is 43.3 Å². The van der Waals surface area contributed by atoms with Gasteiger partial charge < -0.3 is 4.57 Å². The summed E-state index contributed by atoms with van der Waals surface area (Å²) in [6.45, 7) is 4.84. The molecule has 9 heteroatoms. The van der Waals surface area contributed by atoms with Gasteiger partial charge in [0, 0.05) is 28.9 Å². The Bertz CT molecular complexity index is 1080. The van der Waals surface area contributed by atoms with Crippen molar-refractivity contribution in [3.8, 4) is 0 Å². The summed E-state index contributed by atoms with van der Waals surface area (Å²) in [5.41, 5.74) is 1.98. The minimum atomic E-state index is -3.34. The Labute approximate surface area is 180 Å². The van der Waals surface area contributed by atoms with Crippen LogP contribution in [-0.2, 0) is 23.1 Å². The molecule has 3 rings (SSSR count). The Morgan fingerprint density at radius 2 is 1.93 bits per heavy atom. The molecule has 3 aromatic rings. The Kier molecular flexibility index (Phi) is 7.00. The summed E-state index contributed by atoms with van der Waals surface area (Å²) in [5, 5.41) is 1.64. The molecule has 0 fully saturated rings. The average molecular weight is 451 g/mol. The number of sulfonamides is 1. The van der Waals surface area contributed by atoms with Gasteiger partial charge in [0.15, 0.2) is 0 Å². The van der Waals surface area contributed by atoms with E-state index in [1.54, 1.807) is 24.2 Å². The Morgan fingerprint density at radius 3 is 2.55 bits per heavy atom. The summed E-state index contributed by atoms with van der Waals surface area (Å²) >= 11 is 7.75. The van der Waals surface area contributed by atoms with Crippen molar-refractivity contribution in [2.75, 3.05) is 6.26 Å². The number of aromatic nitrogens is 3. The molecular weight excluding hydrogens is 428 g/mol. The SMILES string of the molecule is CC(C)c1nc(CNS(C)(=O)=O)n(Cc2ccncc2)c1Sc1cccc(Cl)c1. The molecule has 0 atom stereocenters. The van der Waals surface area contributed by atoms with E-state index in [4.69, 9.17) is 16.6 Å². The van der Waals surface area contributed by atoms with E-state index in [-0.39, 0.29) is 12.5 Å². The van der Waals surface area contributed by atoms with Gasteiger partial charge in [-0.3, -0.25) is 4.98 Å². The van der Waals surface area contributed by atoms with Crippen LogP contribution in [0.3, 0.4) is 0 Å². The molecule has 0 aliphatic rings. The zero-order valence-corrected chi connectivity index (χ0v) is 18.9. The van der Waals surface area contributed by atoms with E-state index in [0.717, 1.165) is 27.4 Å². The monoisotopic (exact) mass is 450 g/mol. The number of hydrogen-bond acceptors (Lipinski definition) is 5. The summed E-state index contributed by atoms with van der Waals surface area (Å²) in [6.07, 6.45) is 4.63. The van der Waals surface area contributed by atoms with Gasteiger partial charge in [-0.05, 0) is 41.8 Å². The quantitative estimate of drug-likeness (QED) is 0.553. The van der Waals surface area contributed by atoms with Crippen LogP contribution in [0.4, 0.5) is 0 Å². The lowest BCUT2D eigenvalue weighted by Crippen LogP contribution is -2.23. The van der Waals surface area contributed by atoms with Gasteiger partial charge in [-0.25, -0.2) is 18.1 Å². The molecule has 2 aromatic heterocycles. The summed E-state index contributed by atoms with van der Waals surface area (Å²) < 4.78 is 27.9. The molecule has 0 bridgehead atoms. The maximum atomic E-state index is 11.7. The van der Waals surface area contributed by atoms with Crippen molar-refractivity contribution in [1.82, 2.24) is 19.3 Å². The first-order valence-electron chi connectivity index (χ1n) is 9.09. The topological polar surface area (TPSA) is 76.9 Å². The highest BCUT2D eigenvalue weighted by Crippen LogP contribution is 2.36. The van der Waals surface area contributed by atoms with Crippen LogP contribution in [0.1, 0.15) is 36.8 Å². The standard InChI is InChI=1S/C20H23ClN4O2S2/c1-14(2)19-20(28-17-6-4-5-16(21)11-17)25(13-15-7-9-22-10-8-15)18(24-19)12-23-29(3,26)27/h4-11,14,23H,12-13H2,1-3H3. The van der Waals surface area contributed by atoms with Gasteiger partial charge in [0.05, 0.1) is 18.5 Å². The van der Waals surface area contributed by atoms with Crippen molar-refractivity contribution < 1.29 is 8.42 Å². The second-order valence-electron chi connectivity index (χ2n) is 6.97. The molecule has 0 spiro atoms. The highest BCUT2D eigenvalue weighted by Gasteiger charge is 2.21. The van der Waals surface area contributed by atoms with Gasteiger partial charge in [-0.15, -0.1) is 0 Å². The number of imidazole rings is 1. The first-order valence-corrected chi connectivity index (χ1v) is 12.2. The zero-order chi connectivity index (χ0) is 21.0. The lowest BCUT2D eigenvalue weighted by molar-refractivity contribution is 0.580. The van der Waals surface area contributed by atoms with Crippen molar-refractivity contribution in [3.05, 3.63) is 70.9 Å². The first kappa shape index (κ1) is 21.8. The van der Waals surface area contributed by atoms with Crippen molar-refractivity contribution in [2.24, 2.45) is 0 Å². The fraction of sp³-hybridized carbons (Fsp3) is 0.300. The van der Waals surface area contributed by atoms with E-state index in [1.807, 2.05) is 36.4 Å². The highest BCUT2D eigenvalue weighted by atomic mass is 35.5. The van der Waals surface area contributed by atoms with Gasteiger partial charge in [0.1, 0.15) is 10.9 Å². The lowest BCUT2D eigenvalue weighted by Gasteiger charge is -2.14. The van der Waals surface area contributed by atoms with Crippen LogP contribution in [0.25, 0.3) is 0 Å². The van der Waals surface area contributed by atoms with Crippen molar-refractivity contribution in [3.63, 3.8) is 0 Å². The third-order valence-electron chi connectivity index (χ3n) is 4.17. The maximum absolute atomic E-state index is 11.7. The number of halogens is 1. The molecule has 1 N–H and O–H groups in total. The normalized spacial score (nSPS) is 11.9.